The molecule has 0 radical (unpaired) electrons. The molecule has 0 aliphatic heterocycles. The van der Waals surface area contributed by atoms with Crippen LogP contribution in [-0.2, 0) is 0 Å². The lowest BCUT2D eigenvalue weighted by Gasteiger charge is -2.58. The smallest absolute Gasteiger partial charge is 0.00823 e. The summed E-state index contributed by atoms with van der Waals surface area (Å²) in [5.41, 5.74) is 4.72. The van der Waals surface area contributed by atoms with Crippen LogP contribution in [0.15, 0.2) is 23.3 Å². The summed E-state index contributed by atoms with van der Waals surface area (Å²) in [6, 6.07) is 0. The number of hydrogen-bond donors (Lipinski definition) is 0. The molecule has 4 rings (SSSR count). The average Bonchev–Trinajstić information content (AvgIpc) is 2.84. The third-order valence-corrected chi connectivity index (χ3v) is 8.47. The lowest BCUT2D eigenvalue weighted by molar-refractivity contribution is -0.0210. The second-order valence-electron chi connectivity index (χ2n) is 9.38. The Labute approximate surface area is 137 Å². The molecular formula is C22H34. The van der Waals surface area contributed by atoms with Crippen LogP contribution in [-0.4, -0.2) is 0 Å². The van der Waals surface area contributed by atoms with Gasteiger partial charge in [0.2, 0.25) is 0 Å². The Morgan fingerprint density at radius 3 is 2.55 bits per heavy atom. The summed E-state index contributed by atoms with van der Waals surface area (Å²) in [5.74, 6) is 3.80. The minimum Gasteiger partial charge on any atom is -0.0845 e. The van der Waals surface area contributed by atoms with Crippen LogP contribution in [0.25, 0.3) is 0 Å². The molecule has 3 unspecified atom stereocenters. The van der Waals surface area contributed by atoms with Gasteiger partial charge in [0, 0.05) is 0 Å². The van der Waals surface area contributed by atoms with Crippen molar-refractivity contribution in [2.24, 2.45) is 34.5 Å². The van der Waals surface area contributed by atoms with Crippen LogP contribution in [0.2, 0.25) is 0 Å². The molecule has 0 N–H and O–H groups in total. The summed E-state index contributed by atoms with van der Waals surface area (Å²) < 4.78 is 0. The third-order valence-electron chi connectivity index (χ3n) is 8.47. The second-order valence-corrected chi connectivity index (χ2v) is 9.38. The zero-order valence-electron chi connectivity index (χ0n) is 15.1. The standard InChI is InChI=1S/C22H34/c1-5-16-7-9-19-18-8-6-17-14-15(2)10-12-22(17,4)20(18)11-13-21(16,19)3/h6-7,15,18-20H,5,8-14H2,1-4H3/t15?,18-,19+,20+,21?,22?/m1/s1. The summed E-state index contributed by atoms with van der Waals surface area (Å²) >= 11 is 0. The second kappa shape index (κ2) is 4.99. The van der Waals surface area contributed by atoms with Gasteiger partial charge in [0.1, 0.15) is 0 Å². The van der Waals surface area contributed by atoms with E-state index in [1.165, 1.54) is 51.4 Å². The molecule has 0 heterocycles. The Morgan fingerprint density at radius 2 is 1.77 bits per heavy atom. The van der Waals surface area contributed by atoms with Crippen molar-refractivity contribution < 1.29 is 0 Å². The van der Waals surface area contributed by atoms with Crippen molar-refractivity contribution >= 4 is 0 Å². The summed E-state index contributed by atoms with van der Waals surface area (Å²) in [6.45, 7) is 10.1. The molecule has 0 amide bonds. The molecule has 0 bridgehead atoms. The molecule has 0 saturated heterocycles. The fourth-order valence-electron chi connectivity index (χ4n) is 7.05. The van der Waals surface area contributed by atoms with Gasteiger partial charge in [0.25, 0.3) is 0 Å². The lowest BCUT2D eigenvalue weighted by atomic mass is 9.47. The zero-order valence-corrected chi connectivity index (χ0v) is 15.1. The molecule has 0 heteroatoms. The van der Waals surface area contributed by atoms with E-state index in [4.69, 9.17) is 0 Å². The highest BCUT2D eigenvalue weighted by Gasteiger charge is 2.56. The van der Waals surface area contributed by atoms with Gasteiger partial charge in [0.15, 0.2) is 0 Å². The molecule has 0 aromatic carbocycles. The summed E-state index contributed by atoms with van der Waals surface area (Å²) in [4.78, 5) is 0. The van der Waals surface area contributed by atoms with Gasteiger partial charge in [-0.1, -0.05) is 51.0 Å². The van der Waals surface area contributed by atoms with E-state index < -0.39 is 0 Å². The van der Waals surface area contributed by atoms with Gasteiger partial charge in [-0.15, -0.1) is 0 Å². The minimum atomic E-state index is 0.541. The Bertz CT molecular complexity index is 524. The molecule has 0 aromatic rings. The molecule has 2 fully saturated rings. The van der Waals surface area contributed by atoms with Gasteiger partial charge in [-0.25, -0.2) is 0 Å². The van der Waals surface area contributed by atoms with Crippen LogP contribution in [0.5, 0.6) is 0 Å². The molecule has 0 aromatic heterocycles. The highest BCUT2D eigenvalue weighted by Crippen LogP contribution is 2.65. The van der Waals surface area contributed by atoms with Crippen molar-refractivity contribution in [1.82, 2.24) is 0 Å². The maximum absolute atomic E-state index is 2.70. The molecular weight excluding hydrogens is 264 g/mol. The van der Waals surface area contributed by atoms with Crippen LogP contribution >= 0.6 is 0 Å². The largest absolute Gasteiger partial charge is 0.0845 e. The van der Waals surface area contributed by atoms with Gasteiger partial charge in [-0.2, -0.15) is 0 Å². The number of fused-ring (bicyclic) bond motifs is 5. The maximum atomic E-state index is 2.70. The molecule has 0 nitrogen and oxygen atoms in total. The Morgan fingerprint density at radius 1 is 1.00 bits per heavy atom. The van der Waals surface area contributed by atoms with Crippen molar-refractivity contribution in [3.05, 3.63) is 23.3 Å². The van der Waals surface area contributed by atoms with E-state index in [2.05, 4.69) is 39.8 Å². The van der Waals surface area contributed by atoms with E-state index in [0.717, 1.165) is 23.7 Å². The number of allylic oxidation sites excluding steroid dienone is 4. The zero-order chi connectivity index (χ0) is 15.5. The summed E-state index contributed by atoms with van der Waals surface area (Å²) in [6.07, 6.45) is 16.6. The Hall–Kier alpha value is -0.520. The van der Waals surface area contributed by atoms with Gasteiger partial charge >= 0.3 is 0 Å². The van der Waals surface area contributed by atoms with Gasteiger partial charge in [-0.3, -0.25) is 0 Å². The van der Waals surface area contributed by atoms with E-state index in [1.807, 2.05) is 5.57 Å². The van der Waals surface area contributed by atoms with Gasteiger partial charge < -0.3 is 0 Å². The van der Waals surface area contributed by atoms with Crippen molar-refractivity contribution in [3.63, 3.8) is 0 Å². The molecule has 4 aliphatic carbocycles. The lowest BCUT2D eigenvalue weighted by Crippen LogP contribution is -2.49. The monoisotopic (exact) mass is 298 g/mol. The van der Waals surface area contributed by atoms with Crippen LogP contribution in [0.4, 0.5) is 0 Å². The average molecular weight is 299 g/mol. The first-order valence-corrected chi connectivity index (χ1v) is 9.88. The van der Waals surface area contributed by atoms with Crippen molar-refractivity contribution in [2.45, 2.75) is 79.1 Å². The predicted molar refractivity (Wildman–Crippen MR) is 94.6 cm³/mol. The van der Waals surface area contributed by atoms with Crippen molar-refractivity contribution in [3.8, 4) is 0 Å². The molecule has 6 atom stereocenters. The van der Waals surface area contributed by atoms with Crippen molar-refractivity contribution in [2.75, 3.05) is 0 Å². The third kappa shape index (κ3) is 1.88. The SMILES string of the molecule is CCC1=CC[C@H]2[C@H]3CC=C4CC(C)CCC4(C)[C@H]3CCC12C. The highest BCUT2D eigenvalue weighted by atomic mass is 14.6. The van der Waals surface area contributed by atoms with E-state index in [-0.39, 0.29) is 0 Å². The van der Waals surface area contributed by atoms with Gasteiger partial charge in [0.05, 0.1) is 0 Å². The quantitative estimate of drug-likeness (QED) is 0.483. The highest BCUT2D eigenvalue weighted by molar-refractivity contribution is 5.29. The Kier molecular flexibility index (Phi) is 3.41. The van der Waals surface area contributed by atoms with Crippen molar-refractivity contribution in [1.29, 1.82) is 0 Å². The number of hydrogen-bond acceptors (Lipinski definition) is 0. The first-order chi connectivity index (χ1) is 10.5. The molecule has 2 saturated carbocycles. The Balaban J connectivity index is 1.66. The summed E-state index contributed by atoms with van der Waals surface area (Å²) in [5, 5.41) is 0. The normalized spacial score (nSPS) is 50.5. The molecule has 4 aliphatic rings. The maximum Gasteiger partial charge on any atom is -0.00823 e. The van der Waals surface area contributed by atoms with E-state index in [9.17, 15) is 0 Å². The first kappa shape index (κ1) is 15.0. The number of rotatable bonds is 1. The molecule has 22 heavy (non-hydrogen) atoms. The fourth-order valence-corrected chi connectivity index (χ4v) is 7.05. The van der Waals surface area contributed by atoms with E-state index >= 15 is 0 Å². The summed E-state index contributed by atoms with van der Waals surface area (Å²) in [7, 11) is 0. The molecule has 0 spiro atoms. The van der Waals surface area contributed by atoms with Crippen LogP contribution in [0.1, 0.15) is 79.1 Å². The van der Waals surface area contributed by atoms with E-state index in [0.29, 0.717) is 10.8 Å². The fraction of sp³-hybridized carbons (Fsp3) is 0.818. The first-order valence-electron chi connectivity index (χ1n) is 9.88. The minimum absolute atomic E-state index is 0.541. The van der Waals surface area contributed by atoms with Crippen LogP contribution < -0.4 is 0 Å². The van der Waals surface area contributed by atoms with Crippen LogP contribution in [0, 0.1) is 34.5 Å². The van der Waals surface area contributed by atoms with Crippen LogP contribution in [0.3, 0.4) is 0 Å². The predicted octanol–water partition coefficient (Wildman–Crippen LogP) is 6.53. The van der Waals surface area contributed by atoms with E-state index in [1.54, 1.807) is 5.57 Å². The topological polar surface area (TPSA) is 0 Å². The van der Waals surface area contributed by atoms with Gasteiger partial charge in [-0.05, 0) is 85.9 Å². The molecule has 122 valence electrons.